The number of benzene rings is 1. The summed E-state index contributed by atoms with van der Waals surface area (Å²) in [7, 11) is 0. The Morgan fingerprint density at radius 1 is 0.755 bits per heavy atom. The predicted molar refractivity (Wildman–Crippen MR) is 125 cm³/mol. The molecule has 0 aliphatic heterocycles. The molecule has 1 rings (SSSR count). The van der Waals surface area contributed by atoms with Gasteiger partial charge in [0.25, 0.3) is 0 Å². The molecule has 12 nitrogen and oxygen atoms in total. The Hall–Kier alpha value is -0.380. The number of carboxylic acids is 5. The third-order valence-corrected chi connectivity index (χ3v) is 7.22. The number of hydrogen-bond donors (Lipinski definition) is 1. The summed E-state index contributed by atoms with van der Waals surface area (Å²) in [6.07, 6.45) is -6.08. The van der Waals surface area contributed by atoms with Gasteiger partial charge >= 0.3 is 148 Å². The van der Waals surface area contributed by atoms with E-state index in [-0.39, 0.29) is 130 Å². The number of carbonyl (C=O) groups excluding carboxylic acids is 5. The first kappa shape index (κ1) is 55.4. The zero-order valence-electron chi connectivity index (χ0n) is 27.2. The summed E-state index contributed by atoms with van der Waals surface area (Å²) in [6, 6.07) is 6.57. The van der Waals surface area contributed by atoms with Gasteiger partial charge in [0.1, 0.15) is 6.61 Å². The number of hydrogen-bond acceptors (Lipinski definition) is 11. The Morgan fingerprint density at radius 2 is 1.14 bits per heavy atom. The molecule has 22 heteroatoms. The van der Waals surface area contributed by atoms with Gasteiger partial charge in [0.2, 0.25) is 0 Å². The van der Waals surface area contributed by atoms with Crippen LogP contribution in [0.25, 0.3) is 0 Å². The number of esters is 1. The van der Waals surface area contributed by atoms with Crippen LogP contribution in [0.5, 0.6) is 0 Å². The van der Waals surface area contributed by atoms with E-state index < -0.39 is 109 Å². The predicted octanol–water partition coefficient (Wildman–Crippen LogP) is -13.7. The van der Waals surface area contributed by atoms with Crippen molar-refractivity contribution in [1.82, 2.24) is 0 Å². The van der Waals surface area contributed by atoms with E-state index in [1.54, 1.807) is 0 Å². The van der Waals surface area contributed by atoms with Crippen LogP contribution < -0.4 is 139 Å². The summed E-state index contributed by atoms with van der Waals surface area (Å²) in [5, 5.41) is 58.1. The smallest absolute Gasteiger partial charge is 0.550 e. The molecule has 0 spiro atoms. The normalized spacial score (nSPS) is 15.4. The molecule has 0 aromatic heterocycles. The zero-order chi connectivity index (χ0) is 35.0. The zero-order valence-corrected chi connectivity index (χ0v) is 35.2. The minimum atomic E-state index is -5.95. The second-order valence-electron chi connectivity index (χ2n) is 9.84. The summed E-state index contributed by atoms with van der Waals surface area (Å²) in [4.78, 5) is 73.7. The number of ether oxygens (including phenoxy) is 1. The standard InChI is InChI=1S/C27H29F6O12.4Na/c1-3-13(12-7-5-4-6-8-12)15(24(44)45-10-9-26(30,31)27(32,33)25(28)29)17(22(40)41)18(23(42)43)16(21(38)39)14(20(36)37)11(2)19(34)35;;;;/h4-9,11,13-18,25H,3,10H2,1-2H3,(H,34,35)(H,36,37)(H,38,39)(H,40,41)(H,42,43);;;;/q;4*+1/p-4. The summed E-state index contributed by atoms with van der Waals surface area (Å²) in [5.41, 5.74) is 0.00389. The number of carboxylic acid groups (broad SMARTS) is 5. The summed E-state index contributed by atoms with van der Waals surface area (Å²) >= 11 is 0. The van der Waals surface area contributed by atoms with Gasteiger partial charge in [-0.05, 0) is 17.9 Å². The van der Waals surface area contributed by atoms with Crippen molar-refractivity contribution in [3.05, 3.63) is 42.3 Å². The van der Waals surface area contributed by atoms with E-state index in [1.807, 2.05) is 0 Å². The van der Waals surface area contributed by atoms with E-state index >= 15 is 0 Å². The van der Waals surface area contributed by atoms with E-state index in [2.05, 4.69) is 4.74 Å². The van der Waals surface area contributed by atoms with Crippen molar-refractivity contribution in [3.8, 4) is 0 Å². The molecule has 7 unspecified atom stereocenters. The molecular weight excluding hydrogens is 722 g/mol. The van der Waals surface area contributed by atoms with Gasteiger partial charge < -0.3 is 49.4 Å². The van der Waals surface area contributed by atoms with Crippen molar-refractivity contribution in [1.29, 1.82) is 0 Å². The largest absolute Gasteiger partial charge is 1.00 e. The van der Waals surface area contributed by atoms with Crippen LogP contribution in [0.3, 0.4) is 0 Å². The van der Waals surface area contributed by atoms with Gasteiger partial charge in [0, 0.05) is 47.5 Å². The topological polar surface area (TPSA) is 224 Å². The third-order valence-electron chi connectivity index (χ3n) is 7.22. The summed E-state index contributed by atoms with van der Waals surface area (Å²) in [5.74, 6) is -44.4. The van der Waals surface area contributed by atoms with Crippen LogP contribution in [0.1, 0.15) is 31.7 Å². The SMILES string of the molecule is CCC(c1ccccc1)C(C(=O)OC[CH]C(F)(F)C(F)(F)C(F)F)C(C(=O)[O-])C(C(=O)[O-])C(C(=O)[O-])C(C(=O)[O-])C(C)C(=O)O.[Na+].[Na+].[Na+].[Na+]. The van der Waals surface area contributed by atoms with Crippen molar-refractivity contribution in [2.24, 2.45) is 35.5 Å². The van der Waals surface area contributed by atoms with Crippen LogP contribution >= 0.6 is 0 Å². The van der Waals surface area contributed by atoms with Gasteiger partial charge in [0.15, 0.2) is 0 Å². The molecule has 1 aromatic rings. The van der Waals surface area contributed by atoms with Crippen molar-refractivity contribution in [2.45, 2.75) is 44.5 Å². The molecule has 0 saturated carbocycles. The van der Waals surface area contributed by atoms with Gasteiger partial charge in [-0.1, -0.05) is 44.2 Å². The number of alkyl halides is 6. The van der Waals surface area contributed by atoms with Crippen molar-refractivity contribution in [3.63, 3.8) is 0 Å². The summed E-state index contributed by atoms with van der Waals surface area (Å²) in [6.45, 7) is -0.0173. The van der Waals surface area contributed by atoms with Gasteiger partial charge in [-0.2, -0.15) is 17.6 Å². The van der Waals surface area contributed by atoms with Gasteiger partial charge in [-0.25, -0.2) is 8.78 Å². The van der Waals surface area contributed by atoms with Crippen LogP contribution in [0.2, 0.25) is 0 Å². The minimum Gasteiger partial charge on any atom is -0.550 e. The first-order valence-corrected chi connectivity index (χ1v) is 12.8. The molecule has 1 aromatic carbocycles. The fourth-order valence-corrected chi connectivity index (χ4v) is 4.93. The van der Waals surface area contributed by atoms with Crippen LogP contribution in [0, 0.1) is 41.9 Å². The van der Waals surface area contributed by atoms with E-state index in [0.717, 1.165) is 0 Å². The van der Waals surface area contributed by atoms with Crippen LogP contribution in [-0.2, 0) is 33.5 Å². The Labute approximate surface area is 364 Å². The van der Waals surface area contributed by atoms with E-state index in [4.69, 9.17) is 0 Å². The van der Waals surface area contributed by atoms with Gasteiger partial charge in [-0.15, -0.1) is 0 Å². The Bertz CT molecular complexity index is 1260. The minimum absolute atomic E-state index is 0. The quantitative estimate of drug-likeness (QED) is 0.0792. The van der Waals surface area contributed by atoms with Crippen LogP contribution in [-0.4, -0.2) is 65.8 Å². The first-order chi connectivity index (χ1) is 20.6. The number of aliphatic carboxylic acids is 5. The molecule has 0 aliphatic rings. The van der Waals surface area contributed by atoms with Crippen molar-refractivity contribution in [2.75, 3.05) is 6.61 Å². The molecule has 0 bridgehead atoms. The molecule has 7 atom stereocenters. The fraction of sp³-hybridized carbons (Fsp3) is 0.519. The number of halogens is 6. The van der Waals surface area contributed by atoms with Crippen LogP contribution in [0.4, 0.5) is 26.3 Å². The molecule has 251 valence electrons. The monoisotopic (exact) mass is 747 g/mol. The Kier molecular flexibility index (Phi) is 27.2. The molecule has 49 heavy (non-hydrogen) atoms. The van der Waals surface area contributed by atoms with E-state index in [0.29, 0.717) is 6.92 Å². The van der Waals surface area contributed by atoms with Crippen molar-refractivity contribution < 1.29 is 204 Å². The third kappa shape index (κ3) is 14.2. The molecule has 1 radical (unpaired) electrons. The first-order valence-electron chi connectivity index (χ1n) is 12.8. The second kappa shape index (κ2) is 24.0. The molecule has 0 amide bonds. The number of rotatable bonds is 19. The molecule has 0 heterocycles. The maximum atomic E-state index is 13.8. The molecule has 0 fully saturated rings. The van der Waals surface area contributed by atoms with E-state index in [1.165, 1.54) is 37.3 Å². The summed E-state index contributed by atoms with van der Waals surface area (Å²) < 4.78 is 83.5. The maximum absolute atomic E-state index is 13.8. The second-order valence-corrected chi connectivity index (χ2v) is 9.84. The van der Waals surface area contributed by atoms with Crippen molar-refractivity contribution >= 4 is 35.8 Å². The van der Waals surface area contributed by atoms with Gasteiger partial charge in [-0.3, -0.25) is 9.59 Å². The fourth-order valence-electron chi connectivity index (χ4n) is 4.93. The molecule has 1 N–H and O–H groups in total. The van der Waals surface area contributed by atoms with Crippen LogP contribution in [0.15, 0.2) is 30.3 Å². The average Bonchev–Trinajstić information content (AvgIpc) is 2.93. The average molecular weight is 747 g/mol. The van der Waals surface area contributed by atoms with E-state index in [9.17, 15) is 80.6 Å². The molecule has 0 saturated heterocycles. The Morgan fingerprint density at radius 3 is 1.49 bits per heavy atom. The molecule has 0 aliphatic carbocycles. The molecular formula is C27H25F6Na4O12. The maximum Gasteiger partial charge on any atom is 1.00 e. The van der Waals surface area contributed by atoms with Gasteiger partial charge in [0.05, 0.1) is 18.3 Å². The number of carbonyl (C=O) groups is 6. The Balaban J connectivity index is -0.00000253.